The zero-order valence-electron chi connectivity index (χ0n) is 56.7. The van der Waals surface area contributed by atoms with E-state index < -0.39 is 348 Å². The summed E-state index contributed by atoms with van der Waals surface area (Å²) in [5.74, 6) is 3.89. The Morgan fingerprint density at radius 1 is 0.271 bits per heavy atom. The molecule has 0 aromatic carbocycles. The third-order valence-corrected chi connectivity index (χ3v) is 19.7. The third-order valence-electron chi connectivity index (χ3n) is 19.7. The highest BCUT2D eigenvalue weighted by molar-refractivity contribution is 5.73. The lowest BCUT2D eigenvalue weighted by atomic mass is 9.94. The van der Waals surface area contributed by atoms with Crippen molar-refractivity contribution < 1.29 is 228 Å². The lowest BCUT2D eigenvalue weighted by molar-refractivity contribution is -0.409. The Kier molecular flexibility index (Phi) is 31.7. The first kappa shape index (κ1) is 88.1. The van der Waals surface area contributed by atoms with Gasteiger partial charge in [-0.05, 0) is 0 Å². The lowest BCUT2D eigenvalue weighted by Crippen LogP contribution is -2.70. The highest BCUT2D eigenvalue weighted by Gasteiger charge is 2.61. The van der Waals surface area contributed by atoms with E-state index in [-0.39, 0.29) is 0 Å². The first-order chi connectivity index (χ1) is 50.7. The first-order valence-electron chi connectivity index (χ1n) is 33.9. The molecule has 9 aliphatic rings. The van der Waals surface area contributed by atoms with Crippen molar-refractivity contribution in [2.24, 2.45) is 5.90 Å². The van der Waals surface area contributed by atoms with E-state index in [0.717, 1.165) is 13.8 Å². The summed E-state index contributed by atoms with van der Waals surface area (Å²) in [5.41, 5.74) is 0. The molecule has 9 fully saturated rings. The smallest absolute Gasteiger partial charge is 0.217 e. The van der Waals surface area contributed by atoms with Gasteiger partial charge in [0.15, 0.2) is 56.6 Å². The van der Waals surface area contributed by atoms with Crippen molar-refractivity contribution in [1.29, 1.82) is 0 Å². The number of amides is 2. The van der Waals surface area contributed by atoms with Crippen LogP contribution in [0.1, 0.15) is 13.8 Å². The molecule has 0 aliphatic carbocycles. The molecule has 0 saturated carbocycles. The minimum atomic E-state index is -2.55. The first-order valence-corrected chi connectivity index (χ1v) is 33.9. The van der Waals surface area contributed by atoms with Crippen molar-refractivity contribution in [2.75, 3.05) is 59.5 Å². The van der Waals surface area contributed by atoms with Gasteiger partial charge in [0.1, 0.15) is 220 Å². The maximum atomic E-state index is 12.9. The predicted molar refractivity (Wildman–Crippen MR) is 323 cm³/mol. The topological polar surface area (TPSA) is 776 Å². The summed E-state index contributed by atoms with van der Waals surface area (Å²) >= 11 is 0. The number of ether oxygens (including phenoxy) is 17. The van der Waals surface area contributed by atoms with Crippen molar-refractivity contribution in [2.45, 2.75) is 290 Å². The van der Waals surface area contributed by atoms with Crippen molar-refractivity contribution in [3.05, 3.63) is 0 Å². The van der Waals surface area contributed by atoms with E-state index in [4.69, 9.17) is 91.3 Å². The molecule has 0 spiro atoms. The minimum Gasteiger partial charge on any atom is -0.394 e. The second-order valence-corrected chi connectivity index (χ2v) is 26.8. The molecule has 49 heteroatoms. The molecule has 2 amide bonds. The molecular weight excluding hydrogens is 1470 g/mol. The van der Waals surface area contributed by atoms with Crippen LogP contribution < -0.4 is 16.5 Å². The molecular formula is C58H99N3O46. The Bertz CT molecular complexity index is 2740. The zero-order chi connectivity index (χ0) is 78.6. The number of rotatable bonds is 28. The predicted octanol–water partition coefficient (Wildman–Crippen LogP) is -20.4. The van der Waals surface area contributed by atoms with E-state index in [1.165, 1.54) is 0 Å². The highest BCUT2D eigenvalue weighted by Crippen LogP contribution is 2.40. The maximum Gasteiger partial charge on any atom is 0.217 e. The third kappa shape index (κ3) is 19.1. The van der Waals surface area contributed by atoms with Crippen LogP contribution in [0.2, 0.25) is 0 Å². The van der Waals surface area contributed by atoms with Crippen LogP contribution in [0.3, 0.4) is 0 Å². The fourth-order valence-corrected chi connectivity index (χ4v) is 13.7. The molecule has 0 bridgehead atoms. The van der Waals surface area contributed by atoms with Gasteiger partial charge >= 0.3 is 0 Å². The number of aliphatic hydroxyl groups excluding tert-OH is 26. The Morgan fingerprint density at radius 3 is 1.06 bits per heavy atom. The molecule has 622 valence electrons. The van der Waals surface area contributed by atoms with Gasteiger partial charge in [0.25, 0.3) is 0 Å². The Hall–Kier alpha value is -2.86. The molecule has 107 heavy (non-hydrogen) atoms. The van der Waals surface area contributed by atoms with E-state index in [1.807, 2.05) is 0 Å². The molecule has 30 N–H and O–H groups in total. The van der Waals surface area contributed by atoms with E-state index in [9.17, 15) is 142 Å². The summed E-state index contributed by atoms with van der Waals surface area (Å²) < 4.78 is 99.2. The van der Waals surface area contributed by atoms with Crippen LogP contribution in [0.4, 0.5) is 0 Å². The average molecular weight is 1570 g/mol. The Labute approximate surface area is 604 Å². The fourth-order valence-electron chi connectivity index (χ4n) is 13.7. The lowest BCUT2D eigenvalue weighted by Gasteiger charge is -2.51. The zero-order valence-corrected chi connectivity index (χ0v) is 56.7. The van der Waals surface area contributed by atoms with Gasteiger partial charge in [-0.2, -0.15) is 0 Å². The summed E-state index contributed by atoms with van der Waals surface area (Å²) in [5, 5.41) is 290. The molecule has 0 unspecified atom stereocenters. The van der Waals surface area contributed by atoms with E-state index >= 15 is 0 Å². The Morgan fingerprint density at radius 2 is 0.570 bits per heavy atom. The van der Waals surface area contributed by atoms with Crippen LogP contribution >= 0.6 is 0 Å². The Balaban J connectivity index is 1.02. The molecule has 0 radical (unpaired) electrons. The SMILES string of the molecule is CC(=O)N[C@@H]1[C@@H](O)[C@H](O[C@@H]2O[C@H](CO)[C@@H](O[C@@H]3O[C@H](CO[C@H]4O[C@H](CO[C@H]5O[C@H](CO)[C@@H](O)[C@H](O)[C@@H]5O[C@H]5O[C@H](CO)[C@@H](O)[C@H](O)[C@@H]5O)[C@@H](O)[C@H](O)[C@@H]4O)[C@@H](O)[C@H](O[C@H]4O[C@H](CO)[C@@H](O)[C@H](O)[C@@H]4O[C@H]4O[C@H](CO)[C@@H](O)[C@@H](ON)[C@@H]4O[C@H]4O[C@H](CO)[C@@H](O)[C@H](O)[C@@H]4O)[C@@H]3O)[C@H](O)[C@H]2NC(C)=O)[C@@H](CO)O[C@H]1O. The number of hydrogen-bond donors (Lipinski definition) is 29. The molecule has 9 rings (SSSR count). The van der Waals surface area contributed by atoms with Gasteiger partial charge in [-0.1, -0.05) is 0 Å². The summed E-state index contributed by atoms with van der Waals surface area (Å²) in [6.45, 7) is -7.55. The van der Waals surface area contributed by atoms with Gasteiger partial charge in [-0.3, -0.25) is 14.4 Å². The number of aliphatic hydroxyl groups is 26. The van der Waals surface area contributed by atoms with E-state index in [1.54, 1.807) is 0 Å². The normalized spacial score (nSPS) is 50.8. The number of carbonyl (C=O) groups is 2. The van der Waals surface area contributed by atoms with Gasteiger partial charge in [0.2, 0.25) is 11.8 Å². The van der Waals surface area contributed by atoms with Gasteiger partial charge in [-0.25, -0.2) is 5.90 Å². The monoisotopic (exact) mass is 1570 g/mol. The van der Waals surface area contributed by atoms with E-state index in [0.29, 0.717) is 0 Å². The van der Waals surface area contributed by atoms with Gasteiger partial charge < -0.3 is 224 Å². The molecule has 0 aromatic heterocycles. The number of hydrogen-bond acceptors (Lipinski definition) is 47. The van der Waals surface area contributed by atoms with Crippen molar-refractivity contribution >= 4 is 11.8 Å². The molecule has 49 nitrogen and oxygen atoms in total. The van der Waals surface area contributed by atoms with Crippen LogP contribution in [0.5, 0.6) is 0 Å². The largest absolute Gasteiger partial charge is 0.394 e. The maximum absolute atomic E-state index is 12.9. The minimum absolute atomic E-state index is 0.781. The number of nitrogens with one attached hydrogen (secondary N) is 2. The second-order valence-electron chi connectivity index (χ2n) is 26.8. The van der Waals surface area contributed by atoms with Gasteiger partial charge in [-0.15, -0.1) is 0 Å². The van der Waals surface area contributed by atoms with Crippen LogP contribution in [0.15, 0.2) is 0 Å². The average Bonchev–Trinajstić information content (AvgIpc) is 0.766. The summed E-state index contributed by atoms with van der Waals surface area (Å²) in [6, 6.07) is -3.54. The summed E-state index contributed by atoms with van der Waals surface area (Å²) in [7, 11) is 0. The molecule has 0 aromatic rings. The van der Waals surface area contributed by atoms with Crippen LogP contribution in [-0.2, 0) is 95.0 Å². The van der Waals surface area contributed by atoms with Crippen LogP contribution in [0.25, 0.3) is 0 Å². The summed E-state index contributed by atoms with van der Waals surface area (Å²) in [6.07, 6.45) is -89.0. The van der Waals surface area contributed by atoms with Crippen molar-refractivity contribution in [3.8, 4) is 0 Å². The molecule has 45 atom stereocenters. The standard InChI is InChI=1S/C58H99N3O46/c1-12(69)60-23-32(78)43(19(8-67)92-50(23)89)101-51-24(61-13(2)70)33(79)44(20(9-68)98-51)102-55-42(88)45(103-57-48(38(84)28(74)17(6-65)96-57)105-58-49(46(107-59)30(76)18(7-66)97-58)106-54-41(87)35(81)26(72)15(4-63)94-54)31(77)22(100-55)11-90-52-39(85)36(82)29(75)21(99-52)10-91-56-47(37(83)27(73)16(5-64)95-56)104-53-40(86)34(80)25(71)14(3-62)93-53/h14-58,62-68,71-89H,3-11,59H2,1-2H3,(H,60,69)(H,61,70)/t14-,15-,16-,17-,18-,19-,20-,21-,22-,23-,24-,25-,26-,27-,28-,29-,30-,31-,32-,33-,34+,35+,36+,37+,38+,39+,40+,41+,42+,43-,44-,45+,46-,47+,48+,49+,50-,51+,52+,53-,54-,55+,56+,57-,58-/m1/s1. The molecule has 9 saturated heterocycles. The summed E-state index contributed by atoms with van der Waals surface area (Å²) in [4.78, 5) is 30.0. The van der Waals surface area contributed by atoms with Crippen molar-refractivity contribution in [3.63, 3.8) is 0 Å². The molecule has 9 aliphatic heterocycles. The highest BCUT2D eigenvalue weighted by atomic mass is 16.8. The number of carbonyl (C=O) groups excluding carboxylic acids is 2. The quantitative estimate of drug-likeness (QED) is 0.0324. The second kappa shape index (κ2) is 38.5. The molecule has 9 heterocycles. The fraction of sp³-hybridized carbons (Fsp3) is 0.966. The van der Waals surface area contributed by atoms with Crippen molar-refractivity contribution in [1.82, 2.24) is 10.6 Å². The van der Waals surface area contributed by atoms with Gasteiger partial charge in [0.05, 0.1) is 59.5 Å². The van der Waals surface area contributed by atoms with E-state index in [2.05, 4.69) is 10.6 Å². The van der Waals surface area contributed by atoms with Crippen LogP contribution in [-0.4, -0.2) is 480 Å². The number of nitrogens with two attached hydrogens (primary N) is 1. The van der Waals surface area contributed by atoms with Crippen LogP contribution in [0, 0.1) is 0 Å². The van der Waals surface area contributed by atoms with Gasteiger partial charge in [0, 0.05) is 13.8 Å².